The summed E-state index contributed by atoms with van der Waals surface area (Å²) in [6, 6.07) is 4.32. The summed E-state index contributed by atoms with van der Waals surface area (Å²) in [4.78, 5) is 10.9. The Morgan fingerprint density at radius 1 is 1.28 bits per heavy atom. The predicted octanol–water partition coefficient (Wildman–Crippen LogP) is 2.61. The molecular formula is C15H23NO2. The number of aliphatic carboxylic acids is 1. The van der Waals surface area contributed by atoms with Crippen molar-refractivity contribution < 1.29 is 9.90 Å². The second kappa shape index (κ2) is 6.55. The van der Waals surface area contributed by atoms with Crippen LogP contribution in [-0.2, 0) is 11.2 Å². The maximum atomic E-state index is 10.9. The molecule has 0 aliphatic heterocycles. The van der Waals surface area contributed by atoms with Crippen molar-refractivity contribution in [3.8, 4) is 0 Å². The standard InChI is InChI=1S/C15H23NO2/c1-5-16-13(9-15(17)18)8-14-11(3)6-10(2)7-12(14)4/h6-7,13,16H,5,8-9H2,1-4H3,(H,17,18). The molecule has 18 heavy (non-hydrogen) atoms. The summed E-state index contributed by atoms with van der Waals surface area (Å²) in [5.74, 6) is -0.747. The summed E-state index contributed by atoms with van der Waals surface area (Å²) in [6.45, 7) is 9.08. The van der Waals surface area contributed by atoms with Crippen LogP contribution in [0.3, 0.4) is 0 Å². The number of carboxylic acid groups (broad SMARTS) is 1. The third kappa shape index (κ3) is 4.15. The molecule has 1 aromatic carbocycles. The monoisotopic (exact) mass is 249 g/mol. The Labute approximate surface area is 109 Å². The topological polar surface area (TPSA) is 49.3 Å². The second-order valence-electron chi connectivity index (χ2n) is 4.93. The zero-order chi connectivity index (χ0) is 13.7. The number of nitrogens with one attached hydrogen (secondary N) is 1. The summed E-state index contributed by atoms with van der Waals surface area (Å²) in [5.41, 5.74) is 5.03. The van der Waals surface area contributed by atoms with Crippen LogP contribution in [0.15, 0.2) is 12.1 Å². The third-order valence-corrected chi connectivity index (χ3v) is 3.20. The molecule has 0 heterocycles. The lowest BCUT2D eigenvalue weighted by Crippen LogP contribution is -2.33. The van der Waals surface area contributed by atoms with Crippen molar-refractivity contribution in [1.29, 1.82) is 0 Å². The minimum absolute atomic E-state index is 0.00704. The molecule has 1 rings (SSSR count). The zero-order valence-corrected chi connectivity index (χ0v) is 11.7. The number of carboxylic acids is 1. The zero-order valence-electron chi connectivity index (χ0n) is 11.7. The Balaban J connectivity index is 2.89. The molecule has 100 valence electrons. The van der Waals surface area contributed by atoms with Gasteiger partial charge in [-0.1, -0.05) is 24.6 Å². The Morgan fingerprint density at radius 3 is 2.28 bits per heavy atom. The van der Waals surface area contributed by atoms with Crippen LogP contribution in [0.4, 0.5) is 0 Å². The van der Waals surface area contributed by atoms with Gasteiger partial charge in [0, 0.05) is 6.04 Å². The van der Waals surface area contributed by atoms with E-state index in [1.165, 1.54) is 22.3 Å². The molecule has 1 unspecified atom stereocenters. The molecule has 2 N–H and O–H groups in total. The first kappa shape index (κ1) is 14.7. The molecule has 1 atom stereocenters. The van der Waals surface area contributed by atoms with Gasteiger partial charge in [0.05, 0.1) is 6.42 Å². The molecule has 0 bridgehead atoms. The second-order valence-corrected chi connectivity index (χ2v) is 4.93. The lowest BCUT2D eigenvalue weighted by atomic mass is 9.93. The first-order valence-electron chi connectivity index (χ1n) is 6.46. The smallest absolute Gasteiger partial charge is 0.304 e. The van der Waals surface area contributed by atoms with Gasteiger partial charge in [0.25, 0.3) is 0 Å². The van der Waals surface area contributed by atoms with Crippen LogP contribution in [0.1, 0.15) is 35.6 Å². The maximum Gasteiger partial charge on any atom is 0.304 e. The Kier molecular flexibility index (Phi) is 5.35. The molecule has 0 aliphatic rings. The largest absolute Gasteiger partial charge is 0.481 e. The first-order valence-corrected chi connectivity index (χ1v) is 6.46. The van der Waals surface area contributed by atoms with Gasteiger partial charge in [-0.05, 0) is 50.4 Å². The van der Waals surface area contributed by atoms with Crippen LogP contribution >= 0.6 is 0 Å². The highest BCUT2D eigenvalue weighted by molar-refractivity contribution is 5.67. The van der Waals surface area contributed by atoms with Crippen LogP contribution in [0.5, 0.6) is 0 Å². The molecule has 3 heteroatoms. The SMILES string of the molecule is CCNC(CC(=O)O)Cc1c(C)cc(C)cc1C. The van der Waals surface area contributed by atoms with Crippen LogP contribution in [0.25, 0.3) is 0 Å². The van der Waals surface area contributed by atoms with Gasteiger partial charge in [-0.2, -0.15) is 0 Å². The summed E-state index contributed by atoms with van der Waals surface area (Å²) >= 11 is 0. The van der Waals surface area contributed by atoms with E-state index < -0.39 is 5.97 Å². The van der Waals surface area contributed by atoms with E-state index >= 15 is 0 Å². The molecule has 1 aromatic rings. The predicted molar refractivity (Wildman–Crippen MR) is 74.1 cm³/mol. The first-order chi connectivity index (χ1) is 8.43. The van der Waals surface area contributed by atoms with Crippen molar-refractivity contribution in [3.05, 3.63) is 34.4 Å². The molecule has 3 nitrogen and oxygen atoms in total. The molecule has 0 saturated carbocycles. The lowest BCUT2D eigenvalue weighted by molar-refractivity contribution is -0.137. The normalized spacial score (nSPS) is 12.4. The van der Waals surface area contributed by atoms with Crippen molar-refractivity contribution in [2.45, 2.75) is 46.6 Å². The molecule has 0 spiro atoms. The number of likely N-dealkylation sites (N-methyl/N-ethyl adjacent to an activating group) is 1. The Hall–Kier alpha value is -1.35. The highest BCUT2D eigenvalue weighted by atomic mass is 16.4. The van der Waals surface area contributed by atoms with Gasteiger partial charge in [-0.3, -0.25) is 4.79 Å². The van der Waals surface area contributed by atoms with Crippen molar-refractivity contribution in [2.24, 2.45) is 0 Å². The van der Waals surface area contributed by atoms with Crippen LogP contribution in [0, 0.1) is 20.8 Å². The van der Waals surface area contributed by atoms with E-state index in [1.807, 2.05) is 6.92 Å². The molecule has 0 amide bonds. The summed E-state index contributed by atoms with van der Waals surface area (Å²) < 4.78 is 0. The third-order valence-electron chi connectivity index (χ3n) is 3.20. The number of benzene rings is 1. The summed E-state index contributed by atoms with van der Waals surface area (Å²) in [7, 11) is 0. The molecule has 0 aromatic heterocycles. The minimum Gasteiger partial charge on any atom is -0.481 e. The van der Waals surface area contributed by atoms with E-state index in [-0.39, 0.29) is 12.5 Å². The van der Waals surface area contributed by atoms with Gasteiger partial charge in [-0.25, -0.2) is 0 Å². The average molecular weight is 249 g/mol. The fraction of sp³-hybridized carbons (Fsp3) is 0.533. The van der Waals surface area contributed by atoms with Gasteiger partial charge in [0.1, 0.15) is 0 Å². The van der Waals surface area contributed by atoms with E-state index in [1.54, 1.807) is 0 Å². The fourth-order valence-corrected chi connectivity index (χ4v) is 2.49. The molecule has 0 saturated heterocycles. The van der Waals surface area contributed by atoms with Gasteiger partial charge in [0.15, 0.2) is 0 Å². The average Bonchev–Trinajstić information content (AvgIpc) is 2.22. The Morgan fingerprint density at radius 2 is 1.83 bits per heavy atom. The number of hydrogen-bond acceptors (Lipinski definition) is 2. The fourth-order valence-electron chi connectivity index (χ4n) is 2.49. The van der Waals surface area contributed by atoms with Crippen molar-refractivity contribution in [2.75, 3.05) is 6.54 Å². The number of aryl methyl sites for hydroxylation is 3. The van der Waals surface area contributed by atoms with Gasteiger partial charge in [-0.15, -0.1) is 0 Å². The van der Waals surface area contributed by atoms with Crippen LogP contribution < -0.4 is 5.32 Å². The van der Waals surface area contributed by atoms with Crippen LogP contribution in [-0.4, -0.2) is 23.7 Å². The van der Waals surface area contributed by atoms with Crippen molar-refractivity contribution >= 4 is 5.97 Å². The highest BCUT2D eigenvalue weighted by Gasteiger charge is 2.15. The quantitative estimate of drug-likeness (QED) is 0.814. The molecule has 0 fully saturated rings. The maximum absolute atomic E-state index is 10.9. The van der Waals surface area contributed by atoms with Gasteiger partial charge >= 0.3 is 5.97 Å². The minimum atomic E-state index is -0.747. The molecular weight excluding hydrogens is 226 g/mol. The van der Waals surface area contributed by atoms with E-state index in [4.69, 9.17) is 5.11 Å². The van der Waals surface area contributed by atoms with Crippen molar-refractivity contribution in [1.82, 2.24) is 5.32 Å². The Bertz CT molecular complexity index is 403. The van der Waals surface area contributed by atoms with E-state index in [0.29, 0.717) is 0 Å². The van der Waals surface area contributed by atoms with Crippen LogP contribution in [0.2, 0.25) is 0 Å². The highest BCUT2D eigenvalue weighted by Crippen LogP contribution is 2.19. The van der Waals surface area contributed by atoms with Crippen molar-refractivity contribution in [3.63, 3.8) is 0 Å². The number of carbonyl (C=O) groups is 1. The van der Waals surface area contributed by atoms with E-state index in [0.717, 1.165) is 13.0 Å². The number of rotatable bonds is 6. The summed E-state index contributed by atoms with van der Waals surface area (Å²) in [5, 5.41) is 12.2. The van der Waals surface area contributed by atoms with E-state index in [2.05, 4.69) is 38.2 Å². The number of hydrogen-bond donors (Lipinski definition) is 2. The molecule has 0 aliphatic carbocycles. The van der Waals surface area contributed by atoms with E-state index in [9.17, 15) is 4.79 Å². The summed E-state index contributed by atoms with van der Waals surface area (Å²) in [6.07, 6.45) is 0.943. The lowest BCUT2D eigenvalue weighted by Gasteiger charge is -2.19. The van der Waals surface area contributed by atoms with Gasteiger partial charge in [0.2, 0.25) is 0 Å². The van der Waals surface area contributed by atoms with Gasteiger partial charge < -0.3 is 10.4 Å². The molecule has 0 radical (unpaired) electrons.